The molecule has 0 atom stereocenters. The molecule has 2 aromatic carbocycles. The third-order valence-corrected chi connectivity index (χ3v) is 4.65. The van der Waals surface area contributed by atoms with Gasteiger partial charge in [-0.2, -0.15) is 0 Å². The zero-order valence-electron chi connectivity index (χ0n) is 13.5. The zero-order valence-corrected chi connectivity index (χ0v) is 14.3. The van der Waals surface area contributed by atoms with E-state index in [9.17, 15) is 9.18 Å². The lowest BCUT2D eigenvalue weighted by Crippen LogP contribution is -2.28. The molecule has 0 aliphatic carbocycles. The molecule has 1 saturated heterocycles. The lowest BCUT2D eigenvalue weighted by atomic mass is 10.1. The van der Waals surface area contributed by atoms with Gasteiger partial charge in [0.05, 0.1) is 4.91 Å². The topological polar surface area (TPSA) is 32.7 Å². The number of para-hydroxylation sites is 1. The Hall–Kier alpha value is -2.40. The molecule has 0 N–H and O–H groups in total. The Balaban J connectivity index is 1.94. The van der Waals surface area contributed by atoms with Gasteiger partial charge >= 0.3 is 0 Å². The highest BCUT2D eigenvalue weighted by atomic mass is 32.2. The molecule has 1 fully saturated rings. The van der Waals surface area contributed by atoms with E-state index in [1.807, 2.05) is 44.2 Å². The van der Waals surface area contributed by atoms with Crippen molar-refractivity contribution >= 4 is 34.6 Å². The van der Waals surface area contributed by atoms with Crippen LogP contribution in [0.3, 0.4) is 0 Å². The van der Waals surface area contributed by atoms with E-state index in [1.165, 1.54) is 23.4 Å². The maximum atomic E-state index is 13.8. The summed E-state index contributed by atoms with van der Waals surface area (Å²) in [4.78, 5) is 19.1. The average Bonchev–Trinajstić information content (AvgIpc) is 2.87. The standard InChI is InChI=1S/C19H17FN2OS/c1-3-22-18(23)17(12-14-10-8-13(2)9-11-14)24-19(22)21-16-7-5-4-6-15(16)20/h4-12H,3H2,1-2H3/b17-12+,21-19?. The largest absolute Gasteiger partial charge is 0.287 e. The van der Waals surface area contributed by atoms with Crippen molar-refractivity contribution in [3.63, 3.8) is 0 Å². The van der Waals surface area contributed by atoms with Crippen LogP contribution in [0, 0.1) is 12.7 Å². The molecule has 0 unspecified atom stereocenters. The molecule has 24 heavy (non-hydrogen) atoms. The molecule has 0 bridgehead atoms. The number of rotatable bonds is 3. The van der Waals surface area contributed by atoms with Crippen molar-refractivity contribution in [1.29, 1.82) is 0 Å². The predicted molar refractivity (Wildman–Crippen MR) is 97.6 cm³/mol. The average molecular weight is 340 g/mol. The van der Waals surface area contributed by atoms with Gasteiger partial charge in [-0.15, -0.1) is 0 Å². The maximum absolute atomic E-state index is 13.8. The van der Waals surface area contributed by atoms with E-state index in [0.29, 0.717) is 16.6 Å². The number of hydrogen-bond donors (Lipinski definition) is 0. The van der Waals surface area contributed by atoms with Gasteiger partial charge in [0.1, 0.15) is 11.5 Å². The normalized spacial score (nSPS) is 18.0. The van der Waals surface area contributed by atoms with Gasteiger partial charge in [-0.05, 0) is 49.4 Å². The Labute approximate surface area is 144 Å². The van der Waals surface area contributed by atoms with Gasteiger partial charge in [0, 0.05) is 6.54 Å². The molecule has 0 saturated carbocycles. The number of amidine groups is 1. The Morgan fingerprint density at radius 1 is 1.17 bits per heavy atom. The Morgan fingerprint density at radius 3 is 2.54 bits per heavy atom. The van der Waals surface area contributed by atoms with Crippen LogP contribution in [0.25, 0.3) is 6.08 Å². The van der Waals surface area contributed by atoms with Crippen molar-refractivity contribution in [2.45, 2.75) is 13.8 Å². The Morgan fingerprint density at radius 2 is 1.88 bits per heavy atom. The number of aliphatic imine (C=N–C) groups is 1. The van der Waals surface area contributed by atoms with Crippen molar-refractivity contribution < 1.29 is 9.18 Å². The van der Waals surface area contributed by atoms with Gasteiger partial charge in [-0.1, -0.05) is 42.0 Å². The highest BCUT2D eigenvalue weighted by Crippen LogP contribution is 2.34. The van der Waals surface area contributed by atoms with Gasteiger partial charge in [0.2, 0.25) is 0 Å². The van der Waals surface area contributed by atoms with Crippen LogP contribution in [0.5, 0.6) is 0 Å². The number of likely N-dealkylation sites (N-methyl/N-ethyl adjacent to an activating group) is 1. The number of carbonyl (C=O) groups is 1. The van der Waals surface area contributed by atoms with E-state index in [2.05, 4.69) is 4.99 Å². The number of aryl methyl sites for hydroxylation is 1. The first-order valence-electron chi connectivity index (χ1n) is 7.70. The van der Waals surface area contributed by atoms with E-state index in [0.717, 1.165) is 5.56 Å². The molecule has 122 valence electrons. The number of hydrogen-bond acceptors (Lipinski definition) is 3. The molecule has 0 aromatic heterocycles. The number of benzene rings is 2. The molecular weight excluding hydrogens is 323 g/mol. The van der Waals surface area contributed by atoms with Crippen LogP contribution in [-0.2, 0) is 4.79 Å². The minimum atomic E-state index is -0.398. The van der Waals surface area contributed by atoms with Crippen LogP contribution in [0.4, 0.5) is 10.1 Å². The molecule has 1 amide bonds. The number of nitrogens with zero attached hydrogens (tertiary/aromatic N) is 2. The number of carbonyl (C=O) groups excluding carboxylic acids is 1. The molecule has 3 rings (SSSR count). The number of amides is 1. The number of thioether (sulfide) groups is 1. The summed E-state index contributed by atoms with van der Waals surface area (Å²) in [6.45, 7) is 4.39. The Bertz CT molecular complexity index is 828. The molecule has 1 aliphatic heterocycles. The van der Waals surface area contributed by atoms with Gasteiger partial charge in [-0.3, -0.25) is 9.69 Å². The monoisotopic (exact) mass is 340 g/mol. The summed E-state index contributed by atoms with van der Waals surface area (Å²) in [5.74, 6) is -0.497. The van der Waals surface area contributed by atoms with Gasteiger partial charge in [0.15, 0.2) is 5.17 Å². The van der Waals surface area contributed by atoms with E-state index in [1.54, 1.807) is 23.1 Å². The second-order valence-corrected chi connectivity index (χ2v) is 6.43. The fourth-order valence-electron chi connectivity index (χ4n) is 2.33. The van der Waals surface area contributed by atoms with Crippen molar-refractivity contribution in [2.75, 3.05) is 6.54 Å². The minimum Gasteiger partial charge on any atom is -0.287 e. The lowest BCUT2D eigenvalue weighted by molar-refractivity contribution is -0.122. The van der Waals surface area contributed by atoms with E-state index >= 15 is 0 Å². The minimum absolute atomic E-state index is 0.0989. The Kier molecular flexibility index (Phi) is 4.81. The fraction of sp³-hybridized carbons (Fsp3) is 0.158. The van der Waals surface area contributed by atoms with Crippen molar-refractivity contribution in [1.82, 2.24) is 4.90 Å². The summed E-state index contributed by atoms with van der Waals surface area (Å²) < 4.78 is 13.8. The second kappa shape index (κ2) is 7.01. The summed E-state index contributed by atoms with van der Waals surface area (Å²) in [7, 11) is 0. The maximum Gasteiger partial charge on any atom is 0.266 e. The summed E-state index contributed by atoms with van der Waals surface area (Å²) in [5, 5.41) is 0.506. The first-order chi connectivity index (χ1) is 11.6. The molecule has 0 radical (unpaired) electrons. The van der Waals surface area contributed by atoms with Crippen LogP contribution in [0.2, 0.25) is 0 Å². The molecule has 1 heterocycles. The summed E-state index contributed by atoms with van der Waals surface area (Å²) in [6, 6.07) is 14.3. The van der Waals surface area contributed by atoms with Crippen LogP contribution < -0.4 is 0 Å². The highest BCUT2D eigenvalue weighted by molar-refractivity contribution is 8.18. The molecule has 0 spiro atoms. The highest BCUT2D eigenvalue weighted by Gasteiger charge is 2.32. The molecule has 3 nitrogen and oxygen atoms in total. The third kappa shape index (κ3) is 3.41. The van der Waals surface area contributed by atoms with E-state index in [4.69, 9.17) is 0 Å². The van der Waals surface area contributed by atoms with Crippen LogP contribution in [0.1, 0.15) is 18.1 Å². The summed E-state index contributed by atoms with van der Waals surface area (Å²) in [6.07, 6.45) is 1.85. The fourth-order valence-corrected chi connectivity index (χ4v) is 3.39. The smallest absolute Gasteiger partial charge is 0.266 e. The summed E-state index contributed by atoms with van der Waals surface area (Å²) in [5.41, 5.74) is 2.36. The van der Waals surface area contributed by atoms with Crippen molar-refractivity contribution in [2.24, 2.45) is 4.99 Å². The van der Waals surface area contributed by atoms with Crippen LogP contribution in [0.15, 0.2) is 58.4 Å². The third-order valence-electron chi connectivity index (χ3n) is 3.65. The molecule has 5 heteroatoms. The van der Waals surface area contributed by atoms with Crippen molar-refractivity contribution in [3.05, 3.63) is 70.4 Å². The number of halogens is 1. The predicted octanol–water partition coefficient (Wildman–Crippen LogP) is 4.76. The van der Waals surface area contributed by atoms with Crippen LogP contribution in [-0.4, -0.2) is 22.5 Å². The zero-order chi connectivity index (χ0) is 17.1. The van der Waals surface area contributed by atoms with E-state index in [-0.39, 0.29) is 11.6 Å². The van der Waals surface area contributed by atoms with Crippen molar-refractivity contribution in [3.8, 4) is 0 Å². The molecular formula is C19H17FN2OS. The first-order valence-corrected chi connectivity index (χ1v) is 8.51. The van der Waals surface area contributed by atoms with Crippen LogP contribution >= 0.6 is 11.8 Å². The van der Waals surface area contributed by atoms with Gasteiger partial charge < -0.3 is 0 Å². The van der Waals surface area contributed by atoms with Gasteiger partial charge in [0.25, 0.3) is 5.91 Å². The quantitative estimate of drug-likeness (QED) is 0.755. The van der Waals surface area contributed by atoms with E-state index < -0.39 is 5.82 Å². The lowest BCUT2D eigenvalue weighted by Gasteiger charge is -2.12. The first kappa shape index (κ1) is 16.5. The summed E-state index contributed by atoms with van der Waals surface area (Å²) >= 11 is 1.27. The molecule has 2 aromatic rings. The van der Waals surface area contributed by atoms with Gasteiger partial charge in [-0.25, -0.2) is 9.38 Å². The second-order valence-electron chi connectivity index (χ2n) is 5.42. The SMILES string of the molecule is CCN1C(=O)/C(=C\c2ccc(C)cc2)SC1=Nc1ccccc1F. The molecule has 1 aliphatic rings.